The summed E-state index contributed by atoms with van der Waals surface area (Å²) in [5.41, 5.74) is 8.49. The van der Waals surface area contributed by atoms with Gasteiger partial charge in [0.15, 0.2) is 11.5 Å². The van der Waals surface area contributed by atoms with Crippen molar-refractivity contribution in [1.29, 1.82) is 0 Å². The summed E-state index contributed by atoms with van der Waals surface area (Å²) in [7, 11) is 0. The summed E-state index contributed by atoms with van der Waals surface area (Å²) in [5.74, 6) is 1.45. The molecule has 4 heteroatoms. The van der Waals surface area contributed by atoms with Crippen LogP contribution in [-0.2, 0) is 5.41 Å². The van der Waals surface area contributed by atoms with Crippen LogP contribution in [0.2, 0.25) is 5.02 Å². The van der Waals surface area contributed by atoms with Crippen molar-refractivity contribution >= 4 is 11.6 Å². The van der Waals surface area contributed by atoms with Gasteiger partial charge in [0.05, 0.1) is 5.02 Å². The molecule has 0 bridgehead atoms. The van der Waals surface area contributed by atoms with E-state index in [0.717, 1.165) is 29.7 Å². The molecule has 0 aromatic heterocycles. The lowest BCUT2D eigenvalue weighted by molar-refractivity contribution is 0.171. The van der Waals surface area contributed by atoms with Gasteiger partial charge in [0.25, 0.3) is 0 Å². The Hall–Kier alpha value is -0.930. The number of aryl methyl sites for hydroxylation is 1. The van der Waals surface area contributed by atoms with E-state index in [2.05, 4.69) is 13.8 Å². The fourth-order valence-corrected chi connectivity index (χ4v) is 3.43. The lowest BCUT2D eigenvalue weighted by Crippen LogP contribution is -2.32. The Balaban J connectivity index is 2.16. The minimum Gasteiger partial charge on any atom is -0.486 e. The van der Waals surface area contributed by atoms with E-state index in [1.807, 2.05) is 6.07 Å². The molecule has 1 atom stereocenters. The number of halogens is 1. The number of nitrogens with two attached hydrogens (primary N) is 1. The van der Waals surface area contributed by atoms with Crippen molar-refractivity contribution in [2.45, 2.75) is 38.1 Å². The molecule has 1 aromatic carbocycles. The van der Waals surface area contributed by atoms with Gasteiger partial charge in [-0.05, 0) is 43.9 Å². The van der Waals surface area contributed by atoms with Crippen molar-refractivity contribution in [1.82, 2.24) is 0 Å². The molecule has 1 aliphatic carbocycles. The van der Waals surface area contributed by atoms with E-state index in [1.54, 1.807) is 0 Å². The fourth-order valence-electron chi connectivity index (χ4n) is 2.95. The van der Waals surface area contributed by atoms with Crippen molar-refractivity contribution < 1.29 is 9.47 Å². The number of ether oxygens (including phenoxy) is 2. The first-order valence-corrected chi connectivity index (χ1v) is 6.79. The molecule has 1 heterocycles. The number of hydrogen-bond donors (Lipinski definition) is 1. The zero-order valence-electron chi connectivity index (χ0n) is 10.8. The second-order valence-corrected chi connectivity index (χ2v) is 5.73. The monoisotopic (exact) mass is 267 g/mol. The molecule has 98 valence electrons. The lowest BCUT2D eigenvalue weighted by Gasteiger charge is -2.28. The van der Waals surface area contributed by atoms with Crippen LogP contribution in [0, 0.1) is 6.92 Å². The van der Waals surface area contributed by atoms with E-state index >= 15 is 0 Å². The van der Waals surface area contributed by atoms with Crippen molar-refractivity contribution in [3.05, 3.63) is 22.2 Å². The Morgan fingerprint density at radius 3 is 2.61 bits per heavy atom. The summed E-state index contributed by atoms with van der Waals surface area (Å²) < 4.78 is 11.2. The van der Waals surface area contributed by atoms with E-state index in [1.165, 1.54) is 0 Å². The Morgan fingerprint density at radius 2 is 2.00 bits per heavy atom. The van der Waals surface area contributed by atoms with Crippen LogP contribution in [0.3, 0.4) is 0 Å². The van der Waals surface area contributed by atoms with Gasteiger partial charge in [-0.2, -0.15) is 0 Å². The van der Waals surface area contributed by atoms with Gasteiger partial charge < -0.3 is 15.2 Å². The Morgan fingerprint density at radius 1 is 1.33 bits per heavy atom. The minimum atomic E-state index is 0.0387. The van der Waals surface area contributed by atoms with Crippen LogP contribution in [0.15, 0.2) is 6.07 Å². The van der Waals surface area contributed by atoms with Crippen LogP contribution < -0.4 is 15.2 Å². The second kappa shape index (κ2) is 4.04. The molecule has 18 heavy (non-hydrogen) atoms. The topological polar surface area (TPSA) is 44.5 Å². The van der Waals surface area contributed by atoms with Gasteiger partial charge >= 0.3 is 0 Å². The van der Waals surface area contributed by atoms with Gasteiger partial charge in [-0.15, -0.1) is 0 Å². The molecular weight excluding hydrogens is 250 g/mol. The molecule has 3 nitrogen and oxygen atoms in total. The molecule has 2 N–H and O–H groups in total. The van der Waals surface area contributed by atoms with Crippen LogP contribution in [-0.4, -0.2) is 19.3 Å². The van der Waals surface area contributed by atoms with Crippen LogP contribution in [0.5, 0.6) is 11.5 Å². The highest BCUT2D eigenvalue weighted by atomic mass is 35.5. The first kappa shape index (κ1) is 12.1. The van der Waals surface area contributed by atoms with Crippen LogP contribution in [0.4, 0.5) is 0 Å². The van der Waals surface area contributed by atoms with E-state index in [4.69, 9.17) is 26.8 Å². The van der Waals surface area contributed by atoms with E-state index < -0.39 is 0 Å². The van der Waals surface area contributed by atoms with Crippen LogP contribution in [0.1, 0.15) is 30.9 Å². The normalized spacial score (nSPS) is 21.6. The Bertz CT molecular complexity index is 495. The van der Waals surface area contributed by atoms with Crippen LogP contribution >= 0.6 is 11.6 Å². The van der Waals surface area contributed by atoms with Crippen molar-refractivity contribution in [2.75, 3.05) is 13.2 Å². The highest BCUT2D eigenvalue weighted by Crippen LogP contribution is 2.56. The zero-order chi connectivity index (χ0) is 12.9. The Kier molecular flexibility index (Phi) is 2.72. The summed E-state index contributed by atoms with van der Waals surface area (Å²) in [4.78, 5) is 0. The Labute approximate surface area is 112 Å². The largest absolute Gasteiger partial charge is 0.486 e. The number of hydrogen-bond acceptors (Lipinski definition) is 3. The summed E-state index contributed by atoms with van der Waals surface area (Å²) in [6.07, 6.45) is 2.20. The highest BCUT2D eigenvalue weighted by molar-refractivity contribution is 6.33. The first-order chi connectivity index (χ1) is 8.56. The second-order valence-electron chi connectivity index (χ2n) is 5.35. The zero-order valence-corrected chi connectivity index (χ0v) is 11.5. The smallest absolute Gasteiger partial charge is 0.180 e. The van der Waals surface area contributed by atoms with Crippen molar-refractivity contribution in [2.24, 2.45) is 5.73 Å². The summed E-state index contributed by atoms with van der Waals surface area (Å²) in [6.45, 7) is 5.27. The lowest BCUT2D eigenvalue weighted by atomic mass is 9.86. The van der Waals surface area contributed by atoms with E-state index in [0.29, 0.717) is 24.0 Å². The molecule has 0 amide bonds. The standard InChI is InChI=1S/C14H18ClNO2/c1-8-7-10-13(18-6-5-17-10)12(15)11(8)14(3-4-14)9(2)16/h7,9H,3-6,16H2,1-2H3. The fraction of sp³-hybridized carbons (Fsp3) is 0.571. The molecule has 3 rings (SSSR count). The molecule has 1 aromatic rings. The number of benzene rings is 1. The maximum atomic E-state index is 6.54. The molecule has 1 unspecified atom stereocenters. The first-order valence-electron chi connectivity index (χ1n) is 6.41. The third-order valence-electron chi connectivity index (χ3n) is 4.13. The van der Waals surface area contributed by atoms with E-state index in [-0.39, 0.29) is 11.5 Å². The predicted molar refractivity (Wildman–Crippen MR) is 71.7 cm³/mol. The van der Waals surface area contributed by atoms with Gasteiger partial charge in [-0.1, -0.05) is 11.6 Å². The SMILES string of the molecule is Cc1cc2c(c(Cl)c1C1(C(C)N)CC1)OCCO2. The third kappa shape index (κ3) is 1.61. The van der Waals surface area contributed by atoms with Gasteiger partial charge in [0.2, 0.25) is 0 Å². The average Bonchev–Trinajstić information content (AvgIpc) is 3.10. The minimum absolute atomic E-state index is 0.0387. The van der Waals surface area contributed by atoms with Gasteiger partial charge in [0.1, 0.15) is 13.2 Å². The number of rotatable bonds is 2. The highest BCUT2D eigenvalue weighted by Gasteiger charge is 2.50. The predicted octanol–water partition coefficient (Wildman–Crippen LogP) is 2.80. The van der Waals surface area contributed by atoms with E-state index in [9.17, 15) is 0 Å². The molecule has 1 aliphatic heterocycles. The quantitative estimate of drug-likeness (QED) is 0.896. The summed E-state index contributed by atoms with van der Waals surface area (Å²) >= 11 is 6.54. The van der Waals surface area contributed by atoms with Gasteiger partial charge in [0, 0.05) is 11.5 Å². The third-order valence-corrected chi connectivity index (χ3v) is 4.49. The maximum absolute atomic E-state index is 6.54. The molecule has 2 aliphatic rings. The summed E-state index contributed by atoms with van der Waals surface area (Å²) in [6, 6.07) is 2.13. The molecule has 0 spiro atoms. The number of fused-ring (bicyclic) bond motifs is 1. The molecule has 0 radical (unpaired) electrons. The summed E-state index contributed by atoms with van der Waals surface area (Å²) in [5, 5.41) is 0.694. The average molecular weight is 268 g/mol. The molecule has 1 fully saturated rings. The molecular formula is C14H18ClNO2. The maximum Gasteiger partial charge on any atom is 0.180 e. The molecule has 1 saturated carbocycles. The van der Waals surface area contributed by atoms with Gasteiger partial charge in [-0.25, -0.2) is 0 Å². The molecule has 0 saturated heterocycles. The van der Waals surface area contributed by atoms with Gasteiger partial charge in [-0.3, -0.25) is 0 Å². The van der Waals surface area contributed by atoms with Crippen LogP contribution in [0.25, 0.3) is 0 Å². The van der Waals surface area contributed by atoms with Crippen molar-refractivity contribution in [3.8, 4) is 11.5 Å². The van der Waals surface area contributed by atoms with Crippen molar-refractivity contribution in [3.63, 3.8) is 0 Å².